The molecule has 1 atom stereocenters. The second kappa shape index (κ2) is 5.31. The van der Waals surface area contributed by atoms with Crippen molar-refractivity contribution < 1.29 is 4.74 Å². The van der Waals surface area contributed by atoms with Gasteiger partial charge < -0.3 is 10.5 Å². The number of halogens is 1. The van der Waals surface area contributed by atoms with Gasteiger partial charge in [0.2, 0.25) is 0 Å². The second-order valence-corrected chi connectivity index (χ2v) is 7.47. The molecule has 0 spiro atoms. The van der Waals surface area contributed by atoms with Crippen molar-refractivity contribution in [1.82, 2.24) is 0 Å². The number of nitrogens with two attached hydrogens (primary N) is 1. The summed E-state index contributed by atoms with van der Waals surface area (Å²) >= 11 is 8.12. The van der Waals surface area contributed by atoms with Crippen LogP contribution in [0.5, 0.6) is 5.75 Å². The zero-order valence-electron chi connectivity index (χ0n) is 11.8. The van der Waals surface area contributed by atoms with Crippen molar-refractivity contribution in [2.75, 3.05) is 6.61 Å². The van der Waals surface area contributed by atoms with Gasteiger partial charge in [-0.15, -0.1) is 11.3 Å². The van der Waals surface area contributed by atoms with Crippen LogP contribution in [0.25, 0.3) is 0 Å². The fraction of sp³-hybridized carbons (Fsp3) is 0.412. The molecule has 1 aliphatic carbocycles. The number of hydrogen-bond donors (Lipinski definition) is 1. The lowest BCUT2D eigenvalue weighted by Gasteiger charge is -2.15. The minimum Gasteiger partial charge on any atom is -0.493 e. The van der Waals surface area contributed by atoms with Crippen LogP contribution in [0.4, 0.5) is 0 Å². The van der Waals surface area contributed by atoms with Crippen LogP contribution in [0, 0.1) is 0 Å². The lowest BCUT2D eigenvalue weighted by atomic mass is 9.97. The zero-order valence-corrected chi connectivity index (χ0v) is 13.4. The highest BCUT2D eigenvalue weighted by molar-refractivity contribution is 7.12. The van der Waals surface area contributed by atoms with E-state index in [0.717, 1.165) is 29.4 Å². The molecule has 1 aromatic heterocycles. The van der Waals surface area contributed by atoms with E-state index in [0.29, 0.717) is 0 Å². The van der Waals surface area contributed by atoms with E-state index < -0.39 is 0 Å². The molecule has 2 aliphatic rings. The molecule has 2 nitrogen and oxygen atoms in total. The molecule has 4 heteroatoms. The average Bonchev–Trinajstić information content (AvgIpc) is 3.11. The maximum Gasteiger partial charge on any atom is 0.127 e. The first-order valence-corrected chi connectivity index (χ1v) is 8.74. The SMILES string of the molecule is NC(c1cc2c(s1)CCCC2)c1cc(Cl)cc2c1OCC2. The predicted molar refractivity (Wildman–Crippen MR) is 87.6 cm³/mol. The quantitative estimate of drug-likeness (QED) is 0.897. The number of fused-ring (bicyclic) bond motifs is 2. The van der Waals surface area contributed by atoms with E-state index in [4.69, 9.17) is 22.1 Å². The predicted octanol–water partition coefficient (Wildman–Crippen LogP) is 4.26. The van der Waals surface area contributed by atoms with Crippen molar-refractivity contribution in [3.63, 3.8) is 0 Å². The molecular formula is C17H18ClNOS. The van der Waals surface area contributed by atoms with Crippen LogP contribution in [0.15, 0.2) is 18.2 Å². The molecule has 0 radical (unpaired) electrons. The maximum absolute atomic E-state index is 6.54. The summed E-state index contributed by atoms with van der Waals surface area (Å²) in [6, 6.07) is 6.13. The Bertz CT molecular complexity index is 671. The molecule has 0 saturated heterocycles. The van der Waals surface area contributed by atoms with Crippen LogP contribution in [-0.4, -0.2) is 6.61 Å². The van der Waals surface area contributed by atoms with Gasteiger partial charge in [-0.1, -0.05) is 11.6 Å². The monoisotopic (exact) mass is 319 g/mol. The Morgan fingerprint density at radius 3 is 2.81 bits per heavy atom. The average molecular weight is 320 g/mol. The lowest BCUT2D eigenvalue weighted by molar-refractivity contribution is 0.352. The third-order valence-electron chi connectivity index (χ3n) is 4.43. The molecule has 2 N–H and O–H groups in total. The number of rotatable bonds is 2. The molecule has 1 aromatic carbocycles. The summed E-state index contributed by atoms with van der Waals surface area (Å²) in [6.07, 6.45) is 5.93. The van der Waals surface area contributed by atoms with Gasteiger partial charge in [-0.3, -0.25) is 0 Å². The minimum atomic E-state index is -0.133. The molecule has 0 amide bonds. The largest absolute Gasteiger partial charge is 0.493 e. The number of benzene rings is 1. The van der Waals surface area contributed by atoms with Crippen molar-refractivity contribution in [3.8, 4) is 5.75 Å². The summed E-state index contributed by atoms with van der Waals surface area (Å²) in [5.41, 5.74) is 10.3. The Kier molecular flexibility index (Phi) is 3.44. The molecular weight excluding hydrogens is 302 g/mol. The smallest absolute Gasteiger partial charge is 0.127 e. The molecule has 2 heterocycles. The van der Waals surface area contributed by atoms with E-state index in [-0.39, 0.29) is 6.04 Å². The number of aryl methyl sites for hydroxylation is 2. The fourth-order valence-corrected chi connectivity index (χ4v) is 4.88. The van der Waals surface area contributed by atoms with E-state index in [1.165, 1.54) is 46.6 Å². The Morgan fingerprint density at radius 1 is 1.10 bits per heavy atom. The maximum atomic E-state index is 6.54. The van der Waals surface area contributed by atoms with Gasteiger partial charge in [-0.25, -0.2) is 0 Å². The highest BCUT2D eigenvalue weighted by Crippen LogP contribution is 2.40. The van der Waals surface area contributed by atoms with Crippen molar-refractivity contribution in [3.05, 3.63) is 49.7 Å². The molecule has 1 aliphatic heterocycles. The number of ether oxygens (including phenoxy) is 1. The van der Waals surface area contributed by atoms with Crippen LogP contribution in [0.1, 0.15) is 45.3 Å². The van der Waals surface area contributed by atoms with Crippen LogP contribution >= 0.6 is 22.9 Å². The molecule has 0 fully saturated rings. The summed E-state index contributed by atoms with van der Waals surface area (Å²) in [7, 11) is 0. The third kappa shape index (κ3) is 2.37. The lowest BCUT2D eigenvalue weighted by Crippen LogP contribution is -2.11. The van der Waals surface area contributed by atoms with Crippen LogP contribution in [0.2, 0.25) is 5.02 Å². The van der Waals surface area contributed by atoms with E-state index in [1.807, 2.05) is 23.5 Å². The van der Waals surface area contributed by atoms with Gasteiger partial charge in [0, 0.05) is 26.8 Å². The molecule has 2 aromatic rings. The standard InChI is InChI=1S/C17H18ClNOS/c18-12-7-11-5-6-20-17(11)13(9-12)16(19)15-8-10-3-1-2-4-14(10)21-15/h7-9,16H,1-6,19H2. The van der Waals surface area contributed by atoms with Crippen molar-refractivity contribution in [1.29, 1.82) is 0 Å². The highest BCUT2D eigenvalue weighted by Gasteiger charge is 2.24. The third-order valence-corrected chi connectivity index (χ3v) is 5.97. The Balaban J connectivity index is 1.75. The van der Waals surface area contributed by atoms with E-state index >= 15 is 0 Å². The molecule has 110 valence electrons. The molecule has 0 bridgehead atoms. The van der Waals surface area contributed by atoms with E-state index in [9.17, 15) is 0 Å². The van der Waals surface area contributed by atoms with Crippen molar-refractivity contribution in [2.24, 2.45) is 5.73 Å². The van der Waals surface area contributed by atoms with Crippen molar-refractivity contribution in [2.45, 2.75) is 38.1 Å². The molecule has 1 unspecified atom stereocenters. The summed E-state index contributed by atoms with van der Waals surface area (Å²) in [5, 5.41) is 0.756. The Labute approximate surface area is 133 Å². The summed E-state index contributed by atoms with van der Waals surface area (Å²) in [5.74, 6) is 0.957. The van der Waals surface area contributed by atoms with Crippen LogP contribution in [0.3, 0.4) is 0 Å². The highest BCUT2D eigenvalue weighted by atomic mass is 35.5. The molecule has 21 heavy (non-hydrogen) atoms. The van der Waals surface area contributed by atoms with Gasteiger partial charge in [-0.2, -0.15) is 0 Å². The first-order valence-electron chi connectivity index (χ1n) is 7.54. The van der Waals surface area contributed by atoms with Gasteiger partial charge >= 0.3 is 0 Å². The Hall–Kier alpha value is -1.03. The number of hydrogen-bond acceptors (Lipinski definition) is 3. The fourth-order valence-electron chi connectivity index (χ4n) is 3.35. The topological polar surface area (TPSA) is 35.2 Å². The van der Waals surface area contributed by atoms with Crippen LogP contribution < -0.4 is 10.5 Å². The van der Waals surface area contributed by atoms with Gasteiger partial charge in [0.25, 0.3) is 0 Å². The first-order chi connectivity index (χ1) is 10.2. The zero-order chi connectivity index (χ0) is 14.4. The van der Waals surface area contributed by atoms with Gasteiger partial charge in [0.05, 0.1) is 12.6 Å². The van der Waals surface area contributed by atoms with Crippen LogP contribution in [-0.2, 0) is 19.3 Å². The van der Waals surface area contributed by atoms with Gasteiger partial charge in [0.15, 0.2) is 0 Å². The number of thiophene rings is 1. The normalized spacial score (nSPS) is 18.0. The summed E-state index contributed by atoms with van der Waals surface area (Å²) < 4.78 is 5.80. The second-order valence-electron chi connectivity index (χ2n) is 5.86. The minimum absolute atomic E-state index is 0.133. The Morgan fingerprint density at radius 2 is 1.95 bits per heavy atom. The summed E-state index contributed by atoms with van der Waals surface area (Å²) in [4.78, 5) is 2.76. The van der Waals surface area contributed by atoms with E-state index in [2.05, 4.69) is 6.07 Å². The first kappa shape index (κ1) is 13.6. The molecule has 0 saturated carbocycles. The molecule has 4 rings (SSSR count). The van der Waals surface area contributed by atoms with Gasteiger partial charge in [0.1, 0.15) is 5.75 Å². The van der Waals surface area contributed by atoms with Crippen molar-refractivity contribution >= 4 is 22.9 Å². The van der Waals surface area contributed by atoms with E-state index in [1.54, 1.807) is 0 Å². The van der Waals surface area contributed by atoms with Gasteiger partial charge in [-0.05, 0) is 55.0 Å². The summed E-state index contributed by atoms with van der Waals surface area (Å²) in [6.45, 7) is 0.732.